The number of carbonyl (C=O) groups is 1. The molecule has 2 nitrogen and oxygen atoms in total. The van der Waals surface area contributed by atoms with Crippen molar-refractivity contribution < 1.29 is 9.00 Å². The Hall–Kier alpha value is -0.310. The molecule has 1 saturated carbocycles. The lowest BCUT2D eigenvalue weighted by atomic mass is 9.78. The number of Topliss-reactive ketones (excluding diaryl/α,β-unsaturated/α-hetero) is 1. The third kappa shape index (κ3) is 3.45. The zero-order valence-electron chi connectivity index (χ0n) is 9.29. The van der Waals surface area contributed by atoms with Gasteiger partial charge >= 0.3 is 0 Å². The fourth-order valence-corrected chi connectivity index (χ4v) is 2.84. The number of hydrogen-bond acceptors (Lipinski definition) is 2. The average molecular weight is 216 g/mol. The SMILES string of the molecule is CC1CCCCC1C(=O)C=S(C)(C)=O. The van der Waals surface area contributed by atoms with E-state index in [-0.39, 0.29) is 11.7 Å². The van der Waals surface area contributed by atoms with Gasteiger partial charge < -0.3 is 0 Å². The second-order valence-electron chi connectivity index (χ2n) is 4.70. The van der Waals surface area contributed by atoms with E-state index in [9.17, 15) is 9.00 Å². The van der Waals surface area contributed by atoms with E-state index in [1.807, 2.05) is 0 Å². The van der Waals surface area contributed by atoms with Crippen LogP contribution in [0, 0.1) is 11.8 Å². The van der Waals surface area contributed by atoms with Crippen LogP contribution in [-0.2, 0) is 14.3 Å². The highest BCUT2D eigenvalue weighted by Crippen LogP contribution is 2.29. The first-order chi connectivity index (χ1) is 6.40. The van der Waals surface area contributed by atoms with Gasteiger partial charge in [-0.2, -0.15) is 0 Å². The molecule has 0 spiro atoms. The van der Waals surface area contributed by atoms with Crippen LogP contribution in [0.2, 0.25) is 0 Å². The summed E-state index contributed by atoms with van der Waals surface area (Å²) in [7, 11) is -2.02. The van der Waals surface area contributed by atoms with Gasteiger partial charge in [-0.05, 0) is 21.9 Å². The van der Waals surface area contributed by atoms with Gasteiger partial charge in [0.1, 0.15) is 0 Å². The highest BCUT2D eigenvalue weighted by atomic mass is 32.2. The van der Waals surface area contributed by atoms with Crippen molar-refractivity contribution in [3.63, 3.8) is 0 Å². The number of hydrogen-bond donors (Lipinski definition) is 0. The van der Waals surface area contributed by atoms with Crippen molar-refractivity contribution in [3.8, 4) is 0 Å². The van der Waals surface area contributed by atoms with Crippen LogP contribution in [0.4, 0.5) is 0 Å². The molecule has 1 rings (SSSR count). The standard InChI is InChI=1S/C11H20O2S/c1-9-6-4-5-7-10(9)11(12)8-14(2,3)13/h8-10H,4-7H2,1-3H3. The zero-order chi connectivity index (χ0) is 10.8. The summed E-state index contributed by atoms with van der Waals surface area (Å²) in [4.78, 5) is 11.8. The molecule has 3 heteroatoms. The number of carbonyl (C=O) groups excluding carboxylic acids is 1. The summed E-state index contributed by atoms with van der Waals surface area (Å²) < 4.78 is 11.5. The summed E-state index contributed by atoms with van der Waals surface area (Å²) in [6.45, 7) is 2.13. The molecule has 14 heavy (non-hydrogen) atoms. The first-order valence-electron chi connectivity index (χ1n) is 5.23. The Morgan fingerprint density at radius 2 is 1.86 bits per heavy atom. The molecule has 2 atom stereocenters. The minimum Gasteiger partial charge on any atom is -0.294 e. The van der Waals surface area contributed by atoms with Crippen molar-refractivity contribution in [1.82, 2.24) is 0 Å². The fraction of sp³-hybridized carbons (Fsp3) is 0.818. The van der Waals surface area contributed by atoms with Gasteiger partial charge in [0, 0.05) is 23.8 Å². The Morgan fingerprint density at radius 1 is 1.29 bits per heavy atom. The van der Waals surface area contributed by atoms with E-state index in [2.05, 4.69) is 6.92 Å². The molecule has 0 N–H and O–H groups in total. The molecule has 0 radical (unpaired) electrons. The minimum atomic E-state index is -2.02. The highest BCUT2D eigenvalue weighted by molar-refractivity contribution is 8.01. The number of ketones is 1. The molecule has 0 amide bonds. The Labute approximate surface area is 87.1 Å². The predicted octanol–water partition coefficient (Wildman–Crippen LogP) is 1.73. The lowest BCUT2D eigenvalue weighted by Crippen LogP contribution is -2.27. The van der Waals surface area contributed by atoms with Crippen LogP contribution in [0.25, 0.3) is 0 Å². The Morgan fingerprint density at radius 3 is 2.36 bits per heavy atom. The van der Waals surface area contributed by atoms with Gasteiger partial charge in [-0.25, -0.2) is 0 Å². The van der Waals surface area contributed by atoms with Crippen LogP contribution in [-0.4, -0.2) is 27.9 Å². The van der Waals surface area contributed by atoms with Crippen LogP contribution in [0.5, 0.6) is 0 Å². The quantitative estimate of drug-likeness (QED) is 0.659. The second kappa shape index (κ2) is 4.47. The normalized spacial score (nSPS) is 28.5. The second-order valence-corrected chi connectivity index (χ2v) is 7.55. The summed E-state index contributed by atoms with van der Waals surface area (Å²) in [5.41, 5.74) is 0. The minimum absolute atomic E-state index is 0.104. The van der Waals surface area contributed by atoms with Crippen molar-refractivity contribution in [1.29, 1.82) is 0 Å². The number of rotatable bonds is 2. The van der Waals surface area contributed by atoms with Crippen LogP contribution < -0.4 is 0 Å². The monoisotopic (exact) mass is 216 g/mol. The van der Waals surface area contributed by atoms with Crippen molar-refractivity contribution in [2.45, 2.75) is 32.6 Å². The van der Waals surface area contributed by atoms with Crippen molar-refractivity contribution in [2.24, 2.45) is 11.8 Å². The zero-order valence-corrected chi connectivity index (χ0v) is 10.1. The maximum atomic E-state index is 11.8. The molecule has 0 saturated heterocycles. The van der Waals surface area contributed by atoms with Crippen LogP contribution in [0.1, 0.15) is 32.6 Å². The van der Waals surface area contributed by atoms with Crippen molar-refractivity contribution in [2.75, 3.05) is 12.5 Å². The van der Waals surface area contributed by atoms with Gasteiger partial charge in [0.2, 0.25) is 0 Å². The molecule has 0 heterocycles. The van der Waals surface area contributed by atoms with Gasteiger partial charge in [-0.15, -0.1) is 0 Å². The summed E-state index contributed by atoms with van der Waals surface area (Å²) >= 11 is 0. The van der Waals surface area contributed by atoms with Gasteiger partial charge in [-0.1, -0.05) is 26.2 Å². The third-order valence-electron chi connectivity index (χ3n) is 2.88. The van der Waals surface area contributed by atoms with Crippen LogP contribution >= 0.6 is 0 Å². The van der Waals surface area contributed by atoms with Crippen molar-refractivity contribution >= 4 is 20.7 Å². The van der Waals surface area contributed by atoms with Gasteiger partial charge in [0.15, 0.2) is 5.78 Å². The van der Waals surface area contributed by atoms with Gasteiger partial charge in [-0.3, -0.25) is 9.00 Å². The lowest BCUT2D eigenvalue weighted by Gasteiger charge is -2.26. The Balaban J connectivity index is 2.74. The Bertz CT molecular complexity index is 316. The molecule has 1 aliphatic carbocycles. The topological polar surface area (TPSA) is 34.1 Å². The predicted molar refractivity (Wildman–Crippen MR) is 62.2 cm³/mol. The molecule has 0 bridgehead atoms. The maximum absolute atomic E-state index is 11.8. The average Bonchev–Trinajstić information content (AvgIpc) is 2.01. The van der Waals surface area contributed by atoms with E-state index in [1.54, 1.807) is 12.5 Å². The van der Waals surface area contributed by atoms with Crippen LogP contribution in [0.3, 0.4) is 0 Å². The van der Waals surface area contributed by atoms with E-state index >= 15 is 0 Å². The van der Waals surface area contributed by atoms with E-state index in [0.29, 0.717) is 5.92 Å². The van der Waals surface area contributed by atoms with E-state index in [1.165, 1.54) is 11.8 Å². The smallest absolute Gasteiger partial charge is 0.166 e. The van der Waals surface area contributed by atoms with E-state index in [0.717, 1.165) is 19.3 Å². The van der Waals surface area contributed by atoms with E-state index in [4.69, 9.17) is 0 Å². The molecule has 0 aromatic carbocycles. The fourth-order valence-electron chi connectivity index (χ4n) is 2.11. The third-order valence-corrected chi connectivity index (χ3v) is 3.68. The first-order valence-corrected chi connectivity index (χ1v) is 7.67. The summed E-state index contributed by atoms with van der Waals surface area (Å²) in [6, 6.07) is 0. The molecule has 1 fully saturated rings. The van der Waals surface area contributed by atoms with Gasteiger partial charge in [0.25, 0.3) is 0 Å². The summed E-state index contributed by atoms with van der Waals surface area (Å²) in [5.74, 6) is 0.700. The molecular formula is C11H20O2S. The molecule has 1 aliphatic rings. The highest BCUT2D eigenvalue weighted by Gasteiger charge is 2.26. The summed E-state index contributed by atoms with van der Waals surface area (Å²) in [5, 5.41) is 1.44. The van der Waals surface area contributed by atoms with Gasteiger partial charge in [0.05, 0.1) is 0 Å². The molecule has 2 unspecified atom stereocenters. The van der Waals surface area contributed by atoms with Crippen molar-refractivity contribution in [3.05, 3.63) is 0 Å². The molecule has 82 valence electrons. The lowest BCUT2D eigenvalue weighted by molar-refractivity contribution is -0.118. The molecule has 0 aliphatic heterocycles. The Kier molecular flexibility index (Phi) is 3.76. The molecule has 0 aromatic rings. The molecular weight excluding hydrogens is 196 g/mol. The molecule has 0 aromatic heterocycles. The largest absolute Gasteiger partial charge is 0.294 e. The maximum Gasteiger partial charge on any atom is 0.166 e. The van der Waals surface area contributed by atoms with Crippen LogP contribution in [0.15, 0.2) is 0 Å². The van der Waals surface area contributed by atoms with E-state index < -0.39 is 9.52 Å². The summed E-state index contributed by atoms with van der Waals surface area (Å²) in [6.07, 6.45) is 7.74. The first kappa shape index (κ1) is 11.8.